The molecule has 0 atom stereocenters. The van der Waals surface area contributed by atoms with Crippen LogP contribution in [0.4, 0.5) is 0 Å². The summed E-state index contributed by atoms with van der Waals surface area (Å²) < 4.78 is 10.4. The zero-order chi connectivity index (χ0) is 15.5. The Balaban J connectivity index is 1.84. The molecule has 3 rings (SSSR count). The molecule has 0 radical (unpaired) electrons. The van der Waals surface area contributed by atoms with Gasteiger partial charge in [0.1, 0.15) is 10.8 Å². The number of aromatic nitrogens is 2. The fourth-order valence-electron chi connectivity index (χ4n) is 1.90. The molecule has 0 aliphatic rings. The van der Waals surface area contributed by atoms with E-state index < -0.39 is 0 Å². The molecule has 0 fully saturated rings. The van der Waals surface area contributed by atoms with Crippen LogP contribution in [0.3, 0.4) is 0 Å². The van der Waals surface area contributed by atoms with Crippen LogP contribution in [-0.4, -0.2) is 17.3 Å². The lowest BCUT2D eigenvalue weighted by atomic mass is 10.2. The molecule has 0 saturated carbocycles. The lowest BCUT2D eigenvalue weighted by Crippen LogP contribution is -1.84. The number of aryl methyl sites for hydroxylation is 1. The predicted molar refractivity (Wildman–Crippen MR) is 89.1 cm³/mol. The van der Waals surface area contributed by atoms with Crippen LogP contribution in [0.25, 0.3) is 22.5 Å². The van der Waals surface area contributed by atoms with Crippen molar-refractivity contribution in [3.8, 4) is 17.1 Å². The van der Waals surface area contributed by atoms with Crippen molar-refractivity contribution in [1.29, 1.82) is 0 Å². The molecule has 22 heavy (non-hydrogen) atoms. The average Bonchev–Trinajstić information content (AvgIpc) is 3.17. The van der Waals surface area contributed by atoms with E-state index in [0.29, 0.717) is 16.7 Å². The molecule has 2 heterocycles. The second kappa shape index (κ2) is 6.34. The van der Waals surface area contributed by atoms with Crippen LogP contribution in [0.1, 0.15) is 15.6 Å². The van der Waals surface area contributed by atoms with Crippen molar-refractivity contribution in [3.05, 3.63) is 52.0 Å². The fourth-order valence-corrected chi connectivity index (χ4v) is 2.98. The maximum absolute atomic E-state index is 6.25. The second-order valence-electron chi connectivity index (χ2n) is 4.59. The first kappa shape index (κ1) is 14.8. The highest BCUT2D eigenvalue weighted by atomic mass is 35.5. The van der Waals surface area contributed by atoms with Crippen molar-refractivity contribution in [2.75, 3.05) is 7.11 Å². The topological polar surface area (TPSA) is 48.2 Å². The highest BCUT2D eigenvalue weighted by molar-refractivity contribution is 7.12. The summed E-state index contributed by atoms with van der Waals surface area (Å²) in [6, 6.07) is 11.5. The van der Waals surface area contributed by atoms with Crippen molar-refractivity contribution >= 4 is 34.0 Å². The Kier molecular flexibility index (Phi) is 4.27. The van der Waals surface area contributed by atoms with Gasteiger partial charge in [0.25, 0.3) is 5.89 Å². The summed E-state index contributed by atoms with van der Waals surface area (Å²) in [5.41, 5.74) is 0.840. The van der Waals surface area contributed by atoms with Crippen LogP contribution in [-0.2, 0) is 0 Å². The summed E-state index contributed by atoms with van der Waals surface area (Å²) >= 11 is 7.90. The van der Waals surface area contributed by atoms with Crippen LogP contribution < -0.4 is 4.74 Å². The molecule has 0 spiro atoms. The quantitative estimate of drug-likeness (QED) is 0.685. The third kappa shape index (κ3) is 3.21. The Bertz CT molecular complexity index is 806. The van der Waals surface area contributed by atoms with E-state index in [4.69, 9.17) is 20.9 Å². The van der Waals surface area contributed by atoms with Gasteiger partial charge in [-0.15, -0.1) is 11.3 Å². The zero-order valence-corrected chi connectivity index (χ0v) is 13.6. The molecule has 6 heteroatoms. The minimum absolute atomic E-state index is 0.304. The summed E-state index contributed by atoms with van der Waals surface area (Å²) in [5, 5.41) is 4.39. The molecule has 112 valence electrons. The van der Waals surface area contributed by atoms with Gasteiger partial charge in [-0.3, -0.25) is 0 Å². The van der Waals surface area contributed by atoms with E-state index in [0.717, 1.165) is 16.2 Å². The van der Waals surface area contributed by atoms with Crippen molar-refractivity contribution in [1.82, 2.24) is 10.1 Å². The van der Waals surface area contributed by atoms with Crippen molar-refractivity contribution in [3.63, 3.8) is 0 Å². The summed E-state index contributed by atoms with van der Waals surface area (Å²) in [5.74, 6) is 1.57. The van der Waals surface area contributed by atoms with Gasteiger partial charge in [-0.2, -0.15) is 4.98 Å². The number of benzene rings is 1. The normalized spacial score (nSPS) is 11.7. The van der Waals surface area contributed by atoms with E-state index in [1.54, 1.807) is 18.4 Å². The van der Waals surface area contributed by atoms with Gasteiger partial charge in [-0.05, 0) is 49.4 Å². The molecule has 4 nitrogen and oxygen atoms in total. The Hall–Kier alpha value is -2.11. The van der Waals surface area contributed by atoms with Gasteiger partial charge in [0.2, 0.25) is 5.82 Å². The third-order valence-electron chi connectivity index (χ3n) is 3.01. The van der Waals surface area contributed by atoms with E-state index in [1.807, 2.05) is 49.4 Å². The van der Waals surface area contributed by atoms with Crippen molar-refractivity contribution in [2.24, 2.45) is 0 Å². The molecule has 0 aliphatic carbocycles. The predicted octanol–water partition coefficient (Wildman–Crippen LogP) is 4.85. The lowest BCUT2D eigenvalue weighted by molar-refractivity contribution is 0.410. The number of thiophene rings is 1. The molecule has 3 aromatic rings. The summed E-state index contributed by atoms with van der Waals surface area (Å²) in [4.78, 5) is 6.59. The number of nitrogens with zero attached hydrogens (tertiary/aromatic N) is 2. The number of rotatable bonds is 4. The summed E-state index contributed by atoms with van der Waals surface area (Å²) in [6.07, 6.45) is 1.82. The number of methoxy groups -OCH3 is 1. The van der Waals surface area contributed by atoms with Crippen LogP contribution >= 0.6 is 22.9 Å². The van der Waals surface area contributed by atoms with Gasteiger partial charge in [-0.1, -0.05) is 16.8 Å². The smallest absolute Gasteiger partial charge is 0.269 e. The fraction of sp³-hybridized carbons (Fsp3) is 0.125. The van der Waals surface area contributed by atoms with E-state index in [9.17, 15) is 0 Å². The molecular formula is C16H13ClN2O2S. The highest BCUT2D eigenvalue weighted by Crippen LogP contribution is 2.27. The van der Waals surface area contributed by atoms with Gasteiger partial charge in [0.15, 0.2) is 0 Å². The Labute approximate surface area is 137 Å². The molecule has 1 aromatic carbocycles. The minimum atomic E-state index is 0.304. The molecule has 0 N–H and O–H groups in total. The summed E-state index contributed by atoms with van der Waals surface area (Å²) in [7, 11) is 1.62. The SMILES string of the molecule is COc1ccc(-c2noc(/C(Cl)=C/c3ccc(C)s3)n2)cc1. The maximum Gasteiger partial charge on any atom is 0.269 e. The first-order chi connectivity index (χ1) is 10.7. The Morgan fingerprint density at radius 2 is 2.00 bits per heavy atom. The molecular weight excluding hydrogens is 320 g/mol. The number of halogens is 1. The highest BCUT2D eigenvalue weighted by Gasteiger charge is 2.12. The monoisotopic (exact) mass is 332 g/mol. The summed E-state index contributed by atoms with van der Waals surface area (Å²) in [6.45, 7) is 2.05. The van der Waals surface area contributed by atoms with Gasteiger partial charge in [-0.25, -0.2) is 0 Å². The van der Waals surface area contributed by atoms with E-state index >= 15 is 0 Å². The first-order valence-electron chi connectivity index (χ1n) is 6.58. The third-order valence-corrected chi connectivity index (χ3v) is 4.23. The minimum Gasteiger partial charge on any atom is -0.497 e. The molecule has 0 saturated heterocycles. The van der Waals surface area contributed by atoms with Crippen LogP contribution in [0.15, 0.2) is 40.9 Å². The van der Waals surface area contributed by atoms with Gasteiger partial charge >= 0.3 is 0 Å². The van der Waals surface area contributed by atoms with Crippen molar-refractivity contribution < 1.29 is 9.26 Å². The molecule has 0 unspecified atom stereocenters. The second-order valence-corrected chi connectivity index (χ2v) is 6.32. The van der Waals surface area contributed by atoms with E-state index in [2.05, 4.69) is 10.1 Å². The van der Waals surface area contributed by atoms with Gasteiger partial charge < -0.3 is 9.26 Å². The molecule has 0 amide bonds. The molecule has 0 bridgehead atoms. The van der Waals surface area contributed by atoms with Gasteiger partial charge in [0.05, 0.1) is 7.11 Å². The van der Waals surface area contributed by atoms with E-state index in [1.165, 1.54) is 4.88 Å². The number of ether oxygens (including phenoxy) is 1. The number of hydrogen-bond donors (Lipinski definition) is 0. The molecule has 2 aromatic heterocycles. The van der Waals surface area contributed by atoms with Crippen LogP contribution in [0, 0.1) is 6.92 Å². The Morgan fingerprint density at radius 1 is 1.23 bits per heavy atom. The lowest BCUT2D eigenvalue weighted by Gasteiger charge is -1.98. The first-order valence-corrected chi connectivity index (χ1v) is 7.77. The van der Waals surface area contributed by atoms with Gasteiger partial charge in [0, 0.05) is 15.3 Å². The van der Waals surface area contributed by atoms with Crippen LogP contribution in [0.2, 0.25) is 0 Å². The maximum atomic E-state index is 6.25. The standard InChI is InChI=1S/C16H13ClN2O2S/c1-10-3-8-13(22-10)9-14(17)16-18-15(19-21-16)11-4-6-12(20-2)7-5-11/h3-9H,1-2H3/b14-9-. The number of hydrogen-bond acceptors (Lipinski definition) is 5. The van der Waals surface area contributed by atoms with Crippen LogP contribution in [0.5, 0.6) is 5.75 Å². The van der Waals surface area contributed by atoms with Crippen molar-refractivity contribution in [2.45, 2.75) is 6.92 Å². The largest absolute Gasteiger partial charge is 0.497 e. The average molecular weight is 333 g/mol. The van der Waals surface area contributed by atoms with E-state index in [-0.39, 0.29) is 0 Å². The Morgan fingerprint density at radius 3 is 2.64 bits per heavy atom. The molecule has 0 aliphatic heterocycles. The zero-order valence-electron chi connectivity index (χ0n) is 12.0.